The first-order valence-corrected chi connectivity index (χ1v) is 8.37. The molecule has 1 amide bonds. The molecular formula is C8H10FN3O3S3. The van der Waals surface area contributed by atoms with Gasteiger partial charge in [-0.1, -0.05) is 30.0 Å². The van der Waals surface area contributed by atoms with E-state index in [1.54, 1.807) is 0 Å². The Labute approximate surface area is 112 Å². The highest BCUT2D eigenvalue weighted by molar-refractivity contribution is 8.01. The molecule has 1 unspecified atom stereocenters. The van der Waals surface area contributed by atoms with Crippen molar-refractivity contribution in [2.45, 2.75) is 22.9 Å². The van der Waals surface area contributed by atoms with E-state index in [1.807, 2.05) is 6.92 Å². The zero-order valence-corrected chi connectivity index (χ0v) is 11.8. The lowest BCUT2D eigenvalue weighted by atomic mass is 10.4. The lowest BCUT2D eigenvalue weighted by molar-refractivity contribution is -0.117. The van der Waals surface area contributed by atoms with E-state index in [1.165, 1.54) is 28.0 Å². The van der Waals surface area contributed by atoms with E-state index in [0.29, 0.717) is 9.47 Å². The molecule has 0 aromatic carbocycles. The molecule has 1 saturated heterocycles. The third-order valence-electron chi connectivity index (χ3n) is 2.38. The number of anilines is 1. The molecule has 0 saturated carbocycles. The van der Waals surface area contributed by atoms with Crippen molar-refractivity contribution in [1.29, 1.82) is 0 Å². The molecule has 0 bridgehead atoms. The van der Waals surface area contributed by atoms with Crippen LogP contribution in [0.4, 0.5) is 9.02 Å². The van der Waals surface area contributed by atoms with Crippen molar-refractivity contribution in [2.75, 3.05) is 17.2 Å². The summed E-state index contributed by atoms with van der Waals surface area (Å²) < 4.78 is 35.1. The first kappa shape index (κ1) is 13.7. The molecule has 2 heterocycles. The van der Waals surface area contributed by atoms with Crippen LogP contribution < -0.4 is 4.90 Å². The second-order valence-electron chi connectivity index (χ2n) is 3.59. The highest BCUT2D eigenvalue weighted by Crippen LogP contribution is 2.31. The van der Waals surface area contributed by atoms with Gasteiger partial charge in [0.05, 0.1) is 0 Å². The number of carbonyl (C=O) groups is 1. The molecule has 2 rings (SSSR count). The van der Waals surface area contributed by atoms with Crippen LogP contribution in [0, 0.1) is 0 Å². The molecule has 1 aliphatic rings. The zero-order valence-electron chi connectivity index (χ0n) is 9.37. The van der Waals surface area contributed by atoms with Crippen LogP contribution in [0.3, 0.4) is 0 Å². The third kappa shape index (κ3) is 2.81. The standard InChI is InChI=1S/C8H10FN3O3S3/c1-2-16-8-11-10-7(17-8)12-4-5(3-6(12)13)18(9,14)15/h5H,2-4H2,1H3. The van der Waals surface area contributed by atoms with Crippen LogP contribution in [-0.2, 0) is 15.0 Å². The van der Waals surface area contributed by atoms with Crippen LogP contribution in [0.2, 0.25) is 0 Å². The quantitative estimate of drug-likeness (QED) is 0.470. The Kier molecular flexibility index (Phi) is 3.87. The van der Waals surface area contributed by atoms with E-state index < -0.39 is 21.4 Å². The molecule has 0 aliphatic carbocycles. The Hall–Kier alpha value is -0.740. The Morgan fingerprint density at radius 1 is 1.56 bits per heavy atom. The Bertz CT molecular complexity index is 559. The fourth-order valence-corrected chi connectivity index (χ4v) is 3.97. The second kappa shape index (κ2) is 5.10. The van der Waals surface area contributed by atoms with Crippen molar-refractivity contribution in [2.24, 2.45) is 0 Å². The first-order chi connectivity index (χ1) is 8.41. The van der Waals surface area contributed by atoms with Crippen LogP contribution in [0.1, 0.15) is 13.3 Å². The third-order valence-corrected chi connectivity index (χ3v) is 5.46. The summed E-state index contributed by atoms with van der Waals surface area (Å²) in [4.78, 5) is 12.8. The van der Waals surface area contributed by atoms with Crippen molar-refractivity contribution in [1.82, 2.24) is 10.2 Å². The molecule has 0 spiro atoms. The molecule has 0 radical (unpaired) electrons. The van der Waals surface area contributed by atoms with E-state index >= 15 is 0 Å². The highest BCUT2D eigenvalue weighted by Gasteiger charge is 2.40. The summed E-state index contributed by atoms with van der Waals surface area (Å²) in [6, 6.07) is 0. The Morgan fingerprint density at radius 3 is 2.83 bits per heavy atom. The van der Waals surface area contributed by atoms with Crippen LogP contribution in [0.25, 0.3) is 0 Å². The molecular weight excluding hydrogens is 301 g/mol. The molecule has 1 aromatic heterocycles. The smallest absolute Gasteiger partial charge is 0.285 e. The number of rotatable bonds is 4. The number of carbonyl (C=O) groups excluding carboxylic acids is 1. The van der Waals surface area contributed by atoms with Gasteiger partial charge in [0.1, 0.15) is 5.25 Å². The van der Waals surface area contributed by atoms with E-state index in [-0.39, 0.29) is 13.0 Å². The number of amides is 1. The summed E-state index contributed by atoms with van der Waals surface area (Å²) in [5, 5.41) is 6.71. The van der Waals surface area contributed by atoms with E-state index in [0.717, 1.165) is 5.75 Å². The minimum Gasteiger partial charge on any atom is -0.285 e. The maximum absolute atomic E-state index is 12.8. The molecule has 18 heavy (non-hydrogen) atoms. The van der Waals surface area contributed by atoms with Gasteiger partial charge in [0.2, 0.25) is 11.0 Å². The van der Waals surface area contributed by atoms with Crippen molar-refractivity contribution < 1.29 is 17.1 Å². The summed E-state index contributed by atoms with van der Waals surface area (Å²) in [6.07, 6.45) is -0.339. The van der Waals surface area contributed by atoms with Gasteiger partial charge in [0.15, 0.2) is 4.34 Å². The van der Waals surface area contributed by atoms with Crippen LogP contribution in [0.5, 0.6) is 0 Å². The maximum Gasteiger partial charge on any atom is 0.307 e. The molecule has 0 N–H and O–H groups in total. The number of nitrogens with zero attached hydrogens (tertiary/aromatic N) is 3. The molecule has 10 heteroatoms. The lowest BCUT2D eigenvalue weighted by Gasteiger charge is -2.10. The predicted octanol–water partition coefficient (Wildman–Crippen LogP) is 1.05. The minimum atomic E-state index is -4.69. The number of hydrogen-bond acceptors (Lipinski definition) is 7. The Morgan fingerprint density at radius 2 is 2.28 bits per heavy atom. The van der Waals surface area contributed by atoms with Crippen LogP contribution in [0.15, 0.2) is 4.34 Å². The monoisotopic (exact) mass is 311 g/mol. The van der Waals surface area contributed by atoms with Gasteiger partial charge >= 0.3 is 10.2 Å². The summed E-state index contributed by atoms with van der Waals surface area (Å²) in [6.45, 7) is 1.77. The lowest BCUT2D eigenvalue weighted by Crippen LogP contribution is -2.26. The van der Waals surface area contributed by atoms with Gasteiger partial charge in [-0.25, -0.2) is 0 Å². The van der Waals surface area contributed by atoms with Gasteiger partial charge in [-0.05, 0) is 5.75 Å². The second-order valence-corrected chi connectivity index (χ2v) is 7.67. The largest absolute Gasteiger partial charge is 0.307 e. The average Bonchev–Trinajstić information content (AvgIpc) is 2.84. The predicted molar refractivity (Wildman–Crippen MR) is 67.1 cm³/mol. The molecule has 1 aromatic rings. The van der Waals surface area contributed by atoms with Gasteiger partial charge in [-0.3, -0.25) is 9.69 Å². The normalized spacial score (nSPS) is 20.7. The maximum atomic E-state index is 12.8. The fraction of sp³-hybridized carbons (Fsp3) is 0.625. The number of aromatic nitrogens is 2. The van der Waals surface area contributed by atoms with Gasteiger partial charge in [0, 0.05) is 13.0 Å². The summed E-state index contributed by atoms with van der Waals surface area (Å²) in [5.74, 6) is 0.384. The Balaban J connectivity index is 2.16. The highest BCUT2D eigenvalue weighted by atomic mass is 32.3. The topological polar surface area (TPSA) is 80.2 Å². The average molecular weight is 311 g/mol. The molecule has 1 atom stereocenters. The van der Waals surface area contributed by atoms with Gasteiger partial charge in [0.25, 0.3) is 0 Å². The van der Waals surface area contributed by atoms with Gasteiger partial charge in [-0.15, -0.1) is 14.1 Å². The first-order valence-electron chi connectivity index (χ1n) is 5.12. The van der Waals surface area contributed by atoms with Crippen LogP contribution in [-0.4, -0.2) is 42.1 Å². The minimum absolute atomic E-state index is 0.191. The number of thioether (sulfide) groups is 1. The summed E-state index contributed by atoms with van der Waals surface area (Å²) in [5.41, 5.74) is 0. The zero-order chi connectivity index (χ0) is 13.3. The van der Waals surface area contributed by atoms with Crippen molar-refractivity contribution in [3.8, 4) is 0 Å². The summed E-state index contributed by atoms with van der Waals surface area (Å²) in [7, 11) is -4.69. The summed E-state index contributed by atoms with van der Waals surface area (Å²) >= 11 is 2.68. The van der Waals surface area contributed by atoms with Crippen molar-refractivity contribution in [3.63, 3.8) is 0 Å². The van der Waals surface area contributed by atoms with Crippen molar-refractivity contribution >= 4 is 44.4 Å². The van der Waals surface area contributed by atoms with Gasteiger partial charge < -0.3 is 0 Å². The van der Waals surface area contributed by atoms with Crippen molar-refractivity contribution in [3.05, 3.63) is 0 Å². The SMILES string of the molecule is CCSc1nnc(N2CC(S(=O)(=O)F)CC2=O)s1. The van der Waals surface area contributed by atoms with Gasteiger partial charge in [-0.2, -0.15) is 8.42 Å². The van der Waals surface area contributed by atoms with Crippen LogP contribution >= 0.6 is 23.1 Å². The fourth-order valence-electron chi connectivity index (χ4n) is 1.54. The molecule has 6 nitrogen and oxygen atoms in total. The van der Waals surface area contributed by atoms with E-state index in [4.69, 9.17) is 0 Å². The molecule has 1 fully saturated rings. The molecule has 1 aliphatic heterocycles. The van der Waals surface area contributed by atoms with E-state index in [9.17, 15) is 17.1 Å². The van der Waals surface area contributed by atoms with E-state index in [2.05, 4.69) is 10.2 Å². The molecule has 100 valence electrons. The number of hydrogen-bond donors (Lipinski definition) is 0. The number of halogens is 1.